The van der Waals surface area contributed by atoms with Crippen LogP contribution in [0.15, 0.2) is 0 Å². The molecule has 0 aliphatic rings. The highest BCUT2D eigenvalue weighted by Gasteiger charge is 2.39. The molecule has 1 atom stereocenters. The van der Waals surface area contributed by atoms with E-state index in [0.717, 1.165) is 0 Å². The van der Waals surface area contributed by atoms with Crippen LogP contribution in [0.4, 0.5) is 0 Å². The number of aliphatic carboxylic acids is 1. The van der Waals surface area contributed by atoms with E-state index < -0.39 is 19.2 Å². The molecule has 15 heavy (non-hydrogen) atoms. The zero-order valence-corrected chi connectivity index (χ0v) is 10.7. The van der Waals surface area contributed by atoms with Gasteiger partial charge in [0.1, 0.15) is 0 Å². The third-order valence-electron chi connectivity index (χ3n) is 1.55. The van der Waals surface area contributed by atoms with Gasteiger partial charge in [-0.05, 0) is 34.6 Å². The average Bonchev–Trinajstić information content (AvgIpc) is 1.99. The topological polar surface area (TPSA) is 72.8 Å². The van der Waals surface area contributed by atoms with Gasteiger partial charge in [0.05, 0.1) is 12.2 Å². The van der Waals surface area contributed by atoms with Crippen molar-refractivity contribution in [3.05, 3.63) is 0 Å². The second-order valence-electron chi connectivity index (χ2n) is 3.86. The maximum Gasteiger partial charge on any atom is 0.345 e. The molecule has 0 heterocycles. The summed E-state index contributed by atoms with van der Waals surface area (Å²) in [4.78, 5) is 10.8. The van der Waals surface area contributed by atoms with Gasteiger partial charge in [-0.3, -0.25) is 9.36 Å². The Kier molecular flexibility index (Phi) is 5.49. The summed E-state index contributed by atoms with van der Waals surface area (Å²) in [5.41, 5.74) is -1.15. The van der Waals surface area contributed by atoms with Crippen LogP contribution in [-0.2, 0) is 18.4 Å². The molecule has 0 spiro atoms. The number of hydrogen-bond acceptors (Lipinski definition) is 4. The van der Waals surface area contributed by atoms with Crippen LogP contribution in [0.1, 0.15) is 34.6 Å². The normalized spacial score (nSPS) is 14.6. The average molecular weight is 238 g/mol. The second-order valence-corrected chi connectivity index (χ2v) is 6.14. The number of hydrogen-bond donors (Lipinski definition) is 1. The lowest BCUT2D eigenvalue weighted by Gasteiger charge is -2.25. The molecule has 0 rings (SSSR count). The molecule has 0 unspecified atom stereocenters. The zero-order chi connectivity index (χ0) is 12.2. The molecule has 0 saturated carbocycles. The summed E-state index contributed by atoms with van der Waals surface area (Å²) in [5, 5.41) is 8.81. The Balaban J connectivity index is 4.85. The standard InChI is InChI=1S/C9H19O5P/c1-6(2)13-15(12,14-7(3)4)8(5)9(10)11/h6-8H,1-5H3,(H,10,11)/t8-/m0/s1. The van der Waals surface area contributed by atoms with Gasteiger partial charge in [0, 0.05) is 0 Å². The third kappa shape index (κ3) is 4.78. The van der Waals surface area contributed by atoms with E-state index in [2.05, 4.69) is 0 Å². The fourth-order valence-corrected chi connectivity index (χ4v) is 2.79. The van der Waals surface area contributed by atoms with Crippen molar-refractivity contribution in [2.75, 3.05) is 0 Å². The zero-order valence-electron chi connectivity index (χ0n) is 9.76. The first-order valence-corrected chi connectivity index (χ1v) is 6.49. The minimum Gasteiger partial charge on any atom is -0.481 e. The van der Waals surface area contributed by atoms with E-state index in [-0.39, 0.29) is 12.2 Å². The van der Waals surface area contributed by atoms with Crippen LogP contribution in [0.5, 0.6) is 0 Å². The Morgan fingerprint density at radius 2 is 1.40 bits per heavy atom. The maximum atomic E-state index is 12.2. The van der Waals surface area contributed by atoms with Crippen LogP contribution in [-0.4, -0.2) is 28.9 Å². The molecule has 0 aromatic heterocycles. The van der Waals surface area contributed by atoms with Crippen LogP contribution >= 0.6 is 7.60 Å². The van der Waals surface area contributed by atoms with Gasteiger partial charge in [-0.1, -0.05) is 0 Å². The summed E-state index contributed by atoms with van der Waals surface area (Å²) < 4.78 is 22.4. The first kappa shape index (κ1) is 14.6. The molecule has 6 heteroatoms. The molecule has 0 aliphatic carbocycles. The van der Waals surface area contributed by atoms with Gasteiger partial charge in [-0.2, -0.15) is 0 Å². The SMILES string of the molecule is CC(C)OP(=O)(OC(C)C)[C@@H](C)C(=O)O. The highest BCUT2D eigenvalue weighted by Crippen LogP contribution is 2.54. The Labute approximate surface area is 90.3 Å². The van der Waals surface area contributed by atoms with Crippen LogP contribution < -0.4 is 0 Å². The molecule has 5 nitrogen and oxygen atoms in total. The van der Waals surface area contributed by atoms with Crippen molar-refractivity contribution in [1.82, 2.24) is 0 Å². The highest BCUT2D eigenvalue weighted by atomic mass is 31.2. The first-order valence-electron chi connectivity index (χ1n) is 4.88. The smallest absolute Gasteiger partial charge is 0.345 e. The van der Waals surface area contributed by atoms with Crippen LogP contribution in [0.25, 0.3) is 0 Å². The van der Waals surface area contributed by atoms with E-state index in [9.17, 15) is 9.36 Å². The molecule has 0 aromatic rings. The van der Waals surface area contributed by atoms with Gasteiger partial charge in [0.15, 0.2) is 5.66 Å². The lowest BCUT2D eigenvalue weighted by molar-refractivity contribution is -0.136. The molecule has 0 radical (unpaired) electrons. The van der Waals surface area contributed by atoms with Crippen molar-refractivity contribution in [2.24, 2.45) is 0 Å². The molecule has 0 fully saturated rings. The molecule has 90 valence electrons. The molecule has 0 aliphatic heterocycles. The molecule has 0 bridgehead atoms. The van der Waals surface area contributed by atoms with Crippen LogP contribution in [0.2, 0.25) is 0 Å². The van der Waals surface area contributed by atoms with Crippen molar-refractivity contribution in [3.8, 4) is 0 Å². The van der Waals surface area contributed by atoms with Crippen molar-refractivity contribution in [3.63, 3.8) is 0 Å². The summed E-state index contributed by atoms with van der Waals surface area (Å²) in [7, 11) is -3.58. The molecular formula is C9H19O5P. The van der Waals surface area contributed by atoms with Crippen molar-refractivity contribution < 1.29 is 23.5 Å². The fourth-order valence-electron chi connectivity index (χ4n) is 0.930. The lowest BCUT2D eigenvalue weighted by atomic mass is 10.5. The van der Waals surface area contributed by atoms with Gasteiger partial charge < -0.3 is 14.2 Å². The monoisotopic (exact) mass is 238 g/mol. The van der Waals surface area contributed by atoms with Gasteiger partial charge in [-0.15, -0.1) is 0 Å². The first-order chi connectivity index (χ1) is 6.69. The molecule has 0 amide bonds. The maximum absolute atomic E-state index is 12.2. The lowest BCUT2D eigenvalue weighted by Crippen LogP contribution is -2.22. The minimum atomic E-state index is -3.58. The third-order valence-corrected chi connectivity index (χ3v) is 4.15. The Hall–Kier alpha value is -0.380. The minimum absolute atomic E-state index is 0.337. The Morgan fingerprint density at radius 1 is 1.07 bits per heavy atom. The van der Waals surface area contributed by atoms with Gasteiger partial charge in [0.25, 0.3) is 0 Å². The molecule has 1 N–H and O–H groups in total. The Bertz CT molecular complexity index is 247. The second kappa shape index (κ2) is 5.64. The van der Waals surface area contributed by atoms with Gasteiger partial charge >= 0.3 is 13.6 Å². The van der Waals surface area contributed by atoms with E-state index in [1.54, 1.807) is 27.7 Å². The summed E-state index contributed by atoms with van der Waals surface area (Å²) >= 11 is 0. The van der Waals surface area contributed by atoms with E-state index in [4.69, 9.17) is 14.2 Å². The summed E-state index contributed by atoms with van der Waals surface area (Å²) in [5.74, 6) is -1.18. The molecular weight excluding hydrogens is 219 g/mol. The number of carbonyl (C=O) groups is 1. The molecule has 0 aromatic carbocycles. The van der Waals surface area contributed by atoms with E-state index in [0.29, 0.717) is 0 Å². The fraction of sp³-hybridized carbons (Fsp3) is 0.889. The van der Waals surface area contributed by atoms with Crippen molar-refractivity contribution >= 4 is 13.6 Å². The van der Waals surface area contributed by atoms with E-state index >= 15 is 0 Å². The predicted molar refractivity (Wildman–Crippen MR) is 57.1 cm³/mol. The van der Waals surface area contributed by atoms with Gasteiger partial charge in [0.2, 0.25) is 0 Å². The summed E-state index contributed by atoms with van der Waals surface area (Å²) in [6.07, 6.45) is -0.673. The number of rotatable bonds is 6. The van der Waals surface area contributed by atoms with Crippen molar-refractivity contribution in [2.45, 2.75) is 52.5 Å². The van der Waals surface area contributed by atoms with Crippen molar-refractivity contribution in [1.29, 1.82) is 0 Å². The largest absolute Gasteiger partial charge is 0.481 e. The predicted octanol–water partition coefficient (Wildman–Crippen LogP) is 2.50. The number of carboxylic acids is 1. The highest BCUT2D eigenvalue weighted by molar-refractivity contribution is 7.55. The Morgan fingerprint density at radius 3 is 1.60 bits per heavy atom. The van der Waals surface area contributed by atoms with E-state index in [1.807, 2.05) is 0 Å². The number of carboxylic acid groups (broad SMARTS) is 1. The van der Waals surface area contributed by atoms with Gasteiger partial charge in [-0.25, -0.2) is 0 Å². The van der Waals surface area contributed by atoms with Crippen LogP contribution in [0.3, 0.4) is 0 Å². The summed E-state index contributed by atoms with van der Waals surface area (Å²) in [6.45, 7) is 8.07. The van der Waals surface area contributed by atoms with E-state index in [1.165, 1.54) is 6.92 Å². The molecule has 0 saturated heterocycles. The quantitative estimate of drug-likeness (QED) is 0.720. The van der Waals surface area contributed by atoms with Crippen LogP contribution in [0, 0.1) is 0 Å². The summed E-state index contributed by atoms with van der Waals surface area (Å²) in [6, 6.07) is 0.